The molecule has 1 amide bonds. The van der Waals surface area contributed by atoms with Crippen molar-refractivity contribution < 1.29 is 17.9 Å². The van der Waals surface area contributed by atoms with Crippen LogP contribution in [0.2, 0.25) is 0 Å². The van der Waals surface area contributed by atoms with Crippen molar-refractivity contribution in [1.82, 2.24) is 4.90 Å². The Bertz CT molecular complexity index is 921. The number of carbonyl (C=O) groups excluding carboxylic acids is 1. The maximum absolute atomic E-state index is 12.7. The monoisotopic (exact) mass is 388 g/mol. The number of benzene rings is 2. The summed E-state index contributed by atoms with van der Waals surface area (Å²) in [4.78, 5) is 14.3. The molecule has 0 saturated heterocycles. The number of nitrogens with one attached hydrogen (secondary N) is 1. The number of likely N-dealkylation sites (N-methyl/N-ethyl adjacent to an activating group) is 1. The Morgan fingerprint density at radius 3 is 2.41 bits per heavy atom. The summed E-state index contributed by atoms with van der Waals surface area (Å²) in [6, 6.07) is 12.5. The average molecular weight is 388 g/mol. The predicted octanol–water partition coefficient (Wildman–Crippen LogP) is 3.53. The Kier molecular flexibility index (Phi) is 6.63. The van der Waals surface area contributed by atoms with Crippen molar-refractivity contribution in [3.63, 3.8) is 0 Å². The van der Waals surface area contributed by atoms with Crippen LogP contribution in [0.3, 0.4) is 0 Å². The van der Waals surface area contributed by atoms with Gasteiger partial charge >= 0.3 is 0 Å². The van der Waals surface area contributed by atoms with Crippen molar-refractivity contribution in [3.8, 4) is 5.75 Å². The Balaban J connectivity index is 2.26. The van der Waals surface area contributed by atoms with E-state index >= 15 is 0 Å². The third kappa shape index (κ3) is 5.34. The molecular weight excluding hydrogens is 364 g/mol. The summed E-state index contributed by atoms with van der Waals surface area (Å²) in [7, 11) is -2.29. The highest BCUT2D eigenvalue weighted by atomic mass is 32.2. The summed E-state index contributed by atoms with van der Waals surface area (Å²) in [5, 5.41) is 0. The van der Waals surface area contributed by atoms with E-state index in [1.54, 1.807) is 41.3 Å². The van der Waals surface area contributed by atoms with Crippen LogP contribution < -0.4 is 9.46 Å². The molecule has 0 radical (unpaired) electrons. The van der Waals surface area contributed by atoms with E-state index in [9.17, 15) is 13.2 Å². The van der Waals surface area contributed by atoms with Gasteiger partial charge in [0.2, 0.25) is 0 Å². The van der Waals surface area contributed by atoms with Crippen LogP contribution >= 0.6 is 0 Å². The number of rotatable bonds is 8. The molecule has 0 atom stereocenters. The van der Waals surface area contributed by atoms with Crippen LogP contribution in [0.25, 0.3) is 0 Å². The number of amides is 1. The predicted molar refractivity (Wildman–Crippen MR) is 107 cm³/mol. The smallest absolute Gasteiger partial charge is 0.261 e. The standard InChI is InChI=1S/C20H24N2O4S/c1-5-22(14-15(2)3)20(23)16-7-6-8-19(13-16)27(24,25)21-17-9-11-18(26-4)12-10-17/h6-13,21H,2,5,14H2,1,3-4H3. The third-order valence-electron chi connectivity index (χ3n) is 3.86. The second-order valence-electron chi connectivity index (χ2n) is 6.14. The van der Waals surface area contributed by atoms with Gasteiger partial charge in [-0.05, 0) is 56.3 Å². The van der Waals surface area contributed by atoms with Crippen LogP contribution in [0, 0.1) is 0 Å². The van der Waals surface area contributed by atoms with Gasteiger partial charge in [0.25, 0.3) is 15.9 Å². The minimum Gasteiger partial charge on any atom is -0.497 e. The van der Waals surface area contributed by atoms with Crippen molar-refractivity contribution >= 4 is 21.6 Å². The van der Waals surface area contributed by atoms with E-state index in [2.05, 4.69) is 11.3 Å². The lowest BCUT2D eigenvalue weighted by Gasteiger charge is -2.21. The number of carbonyl (C=O) groups is 1. The van der Waals surface area contributed by atoms with Crippen LogP contribution in [0.5, 0.6) is 5.75 Å². The summed E-state index contributed by atoms with van der Waals surface area (Å²) in [6.45, 7) is 8.47. The molecule has 0 heterocycles. The summed E-state index contributed by atoms with van der Waals surface area (Å²) in [5.41, 5.74) is 1.58. The number of hydrogen-bond donors (Lipinski definition) is 1. The highest BCUT2D eigenvalue weighted by molar-refractivity contribution is 7.92. The van der Waals surface area contributed by atoms with Gasteiger partial charge in [-0.1, -0.05) is 18.2 Å². The number of anilines is 1. The van der Waals surface area contributed by atoms with Gasteiger partial charge in [0, 0.05) is 24.3 Å². The minimum absolute atomic E-state index is 0.0237. The molecule has 2 rings (SSSR count). The van der Waals surface area contributed by atoms with Gasteiger partial charge in [-0.3, -0.25) is 9.52 Å². The molecule has 0 aliphatic heterocycles. The Labute approximate surface area is 160 Å². The molecule has 1 N–H and O–H groups in total. The first-order valence-electron chi connectivity index (χ1n) is 8.47. The Morgan fingerprint density at radius 1 is 1.19 bits per heavy atom. The van der Waals surface area contributed by atoms with Gasteiger partial charge in [0.15, 0.2) is 0 Å². The van der Waals surface area contributed by atoms with Gasteiger partial charge in [0.05, 0.1) is 12.0 Å². The summed E-state index contributed by atoms with van der Waals surface area (Å²) in [5.74, 6) is 0.393. The molecule has 0 aromatic heterocycles. The highest BCUT2D eigenvalue weighted by Crippen LogP contribution is 2.20. The molecule has 0 spiro atoms. The van der Waals surface area contributed by atoms with E-state index < -0.39 is 10.0 Å². The van der Waals surface area contributed by atoms with E-state index in [1.165, 1.54) is 19.2 Å². The summed E-state index contributed by atoms with van der Waals surface area (Å²) < 4.78 is 32.9. The number of ether oxygens (including phenoxy) is 1. The lowest BCUT2D eigenvalue weighted by atomic mass is 10.2. The fraction of sp³-hybridized carbons (Fsp3) is 0.250. The van der Waals surface area contributed by atoms with Crippen LogP contribution in [-0.2, 0) is 10.0 Å². The van der Waals surface area contributed by atoms with Crippen LogP contribution in [0.15, 0.2) is 65.6 Å². The van der Waals surface area contributed by atoms with E-state index in [-0.39, 0.29) is 10.8 Å². The summed E-state index contributed by atoms with van der Waals surface area (Å²) >= 11 is 0. The van der Waals surface area contributed by atoms with Gasteiger partial charge < -0.3 is 9.64 Å². The second-order valence-corrected chi connectivity index (χ2v) is 7.82. The minimum atomic E-state index is -3.82. The molecule has 2 aromatic rings. The molecule has 0 aliphatic rings. The number of methoxy groups -OCH3 is 1. The maximum Gasteiger partial charge on any atom is 0.261 e. The zero-order valence-electron chi connectivity index (χ0n) is 15.7. The lowest BCUT2D eigenvalue weighted by molar-refractivity contribution is 0.0778. The molecule has 0 unspecified atom stereocenters. The molecular formula is C20H24N2O4S. The van der Waals surface area contributed by atoms with Crippen molar-refractivity contribution in [2.75, 3.05) is 24.9 Å². The first-order valence-corrected chi connectivity index (χ1v) is 9.95. The highest BCUT2D eigenvalue weighted by Gasteiger charge is 2.19. The lowest BCUT2D eigenvalue weighted by Crippen LogP contribution is -2.32. The summed E-state index contributed by atoms with van der Waals surface area (Å²) in [6.07, 6.45) is 0. The Hall–Kier alpha value is -2.80. The second kappa shape index (κ2) is 8.73. The van der Waals surface area contributed by atoms with Crippen molar-refractivity contribution in [1.29, 1.82) is 0 Å². The van der Waals surface area contributed by atoms with Gasteiger partial charge in [-0.25, -0.2) is 8.42 Å². The molecule has 6 nitrogen and oxygen atoms in total. The Morgan fingerprint density at radius 2 is 1.85 bits per heavy atom. The maximum atomic E-state index is 12.7. The normalized spacial score (nSPS) is 10.9. The molecule has 2 aromatic carbocycles. The molecule has 7 heteroatoms. The number of nitrogens with zero attached hydrogens (tertiary/aromatic N) is 1. The topological polar surface area (TPSA) is 75.7 Å². The molecule has 27 heavy (non-hydrogen) atoms. The molecule has 0 fully saturated rings. The first kappa shape index (κ1) is 20.5. The van der Waals surface area contributed by atoms with Crippen molar-refractivity contribution in [2.45, 2.75) is 18.7 Å². The molecule has 0 bridgehead atoms. The largest absolute Gasteiger partial charge is 0.497 e. The first-order chi connectivity index (χ1) is 12.8. The van der Waals surface area contributed by atoms with E-state index in [0.717, 1.165) is 5.57 Å². The molecule has 144 valence electrons. The van der Waals surface area contributed by atoms with Gasteiger partial charge in [0.1, 0.15) is 5.75 Å². The zero-order chi connectivity index (χ0) is 20.0. The quantitative estimate of drug-likeness (QED) is 0.702. The third-order valence-corrected chi connectivity index (χ3v) is 5.24. The average Bonchev–Trinajstić information content (AvgIpc) is 2.66. The van der Waals surface area contributed by atoms with Crippen LogP contribution in [-0.4, -0.2) is 39.4 Å². The SMILES string of the molecule is C=C(C)CN(CC)C(=O)c1cccc(S(=O)(=O)Nc2ccc(OC)cc2)c1. The zero-order valence-corrected chi connectivity index (χ0v) is 16.5. The van der Waals surface area contributed by atoms with E-state index in [0.29, 0.717) is 30.1 Å². The van der Waals surface area contributed by atoms with Gasteiger partial charge in [-0.2, -0.15) is 0 Å². The molecule has 0 aliphatic carbocycles. The fourth-order valence-corrected chi connectivity index (χ4v) is 3.61. The van der Waals surface area contributed by atoms with Crippen molar-refractivity contribution in [2.24, 2.45) is 0 Å². The van der Waals surface area contributed by atoms with Crippen molar-refractivity contribution in [3.05, 3.63) is 66.2 Å². The molecule has 0 saturated carbocycles. The number of sulfonamides is 1. The van der Waals surface area contributed by atoms with Crippen LogP contribution in [0.4, 0.5) is 5.69 Å². The van der Waals surface area contributed by atoms with E-state index in [1.807, 2.05) is 13.8 Å². The number of hydrogen-bond acceptors (Lipinski definition) is 4. The van der Waals surface area contributed by atoms with Crippen LogP contribution in [0.1, 0.15) is 24.2 Å². The van der Waals surface area contributed by atoms with Gasteiger partial charge in [-0.15, -0.1) is 0 Å². The van der Waals surface area contributed by atoms with E-state index in [4.69, 9.17) is 4.74 Å². The fourth-order valence-electron chi connectivity index (χ4n) is 2.51.